The van der Waals surface area contributed by atoms with Gasteiger partial charge in [-0.3, -0.25) is 4.79 Å². The fourth-order valence-electron chi connectivity index (χ4n) is 3.09. The van der Waals surface area contributed by atoms with E-state index in [2.05, 4.69) is 29.1 Å². The number of carbonyl (C=O) groups is 1. The number of nitrogens with one attached hydrogen (secondary N) is 2. The Morgan fingerprint density at radius 2 is 1.79 bits per heavy atom. The molecule has 1 aromatic heterocycles. The zero-order valence-electron chi connectivity index (χ0n) is 15.7. The highest BCUT2D eigenvalue weighted by atomic mass is 19.4. The third kappa shape index (κ3) is 4.91. The highest BCUT2D eigenvalue weighted by Crippen LogP contribution is 2.29. The minimum atomic E-state index is -4.38. The van der Waals surface area contributed by atoms with Crippen LogP contribution in [0, 0.1) is 5.92 Å². The summed E-state index contributed by atoms with van der Waals surface area (Å²) in [6, 6.07) is 12.0. The van der Waals surface area contributed by atoms with Gasteiger partial charge in [-0.15, -0.1) is 0 Å². The van der Waals surface area contributed by atoms with E-state index in [1.165, 1.54) is 12.1 Å². The van der Waals surface area contributed by atoms with Crippen LogP contribution in [0.3, 0.4) is 0 Å². The molecule has 1 atom stereocenters. The van der Waals surface area contributed by atoms with Gasteiger partial charge in [0.1, 0.15) is 5.82 Å². The number of imidazole rings is 1. The molecular formula is C21H22F3N3O. The van der Waals surface area contributed by atoms with Gasteiger partial charge in [-0.2, -0.15) is 13.2 Å². The van der Waals surface area contributed by atoms with Crippen molar-refractivity contribution in [3.8, 4) is 0 Å². The first-order valence-corrected chi connectivity index (χ1v) is 9.12. The molecular weight excluding hydrogens is 367 g/mol. The van der Waals surface area contributed by atoms with E-state index in [1.807, 2.05) is 24.3 Å². The number of nitrogens with zero attached hydrogens (tertiary/aromatic N) is 1. The van der Waals surface area contributed by atoms with Crippen molar-refractivity contribution in [2.75, 3.05) is 0 Å². The number of benzene rings is 2. The quantitative estimate of drug-likeness (QED) is 0.621. The summed E-state index contributed by atoms with van der Waals surface area (Å²) < 4.78 is 38.0. The molecule has 0 saturated carbocycles. The van der Waals surface area contributed by atoms with Crippen LogP contribution in [0.5, 0.6) is 0 Å². The van der Waals surface area contributed by atoms with Crippen LogP contribution in [-0.4, -0.2) is 15.9 Å². The SMILES string of the molecule is CC(C)CC(NC(=O)Cc1ccc(C(F)(F)F)cc1)c1nc2ccccc2[nH]1. The fourth-order valence-corrected chi connectivity index (χ4v) is 3.09. The number of alkyl halides is 3. The summed E-state index contributed by atoms with van der Waals surface area (Å²) in [5.41, 5.74) is 1.52. The van der Waals surface area contributed by atoms with Crippen molar-refractivity contribution in [2.45, 2.75) is 38.9 Å². The Morgan fingerprint density at radius 1 is 1.11 bits per heavy atom. The molecule has 0 fully saturated rings. The van der Waals surface area contributed by atoms with Gasteiger partial charge in [-0.05, 0) is 42.2 Å². The minimum Gasteiger partial charge on any atom is -0.346 e. The number of para-hydroxylation sites is 2. The molecule has 7 heteroatoms. The lowest BCUT2D eigenvalue weighted by molar-refractivity contribution is -0.137. The van der Waals surface area contributed by atoms with Gasteiger partial charge in [0.15, 0.2) is 0 Å². The number of aromatic amines is 1. The van der Waals surface area contributed by atoms with Crippen molar-refractivity contribution in [1.82, 2.24) is 15.3 Å². The molecule has 3 rings (SSSR count). The van der Waals surface area contributed by atoms with E-state index in [0.29, 0.717) is 23.7 Å². The molecule has 28 heavy (non-hydrogen) atoms. The van der Waals surface area contributed by atoms with Crippen molar-refractivity contribution in [2.24, 2.45) is 5.92 Å². The summed E-state index contributed by atoms with van der Waals surface area (Å²) in [6.07, 6.45) is -3.68. The third-order valence-electron chi connectivity index (χ3n) is 4.43. The van der Waals surface area contributed by atoms with E-state index in [4.69, 9.17) is 0 Å². The van der Waals surface area contributed by atoms with E-state index in [0.717, 1.165) is 23.2 Å². The maximum atomic E-state index is 12.7. The Hall–Kier alpha value is -2.83. The van der Waals surface area contributed by atoms with E-state index < -0.39 is 11.7 Å². The largest absolute Gasteiger partial charge is 0.416 e. The van der Waals surface area contributed by atoms with Gasteiger partial charge in [-0.25, -0.2) is 4.98 Å². The van der Waals surface area contributed by atoms with Crippen LogP contribution in [0.15, 0.2) is 48.5 Å². The lowest BCUT2D eigenvalue weighted by Gasteiger charge is -2.19. The second kappa shape index (κ2) is 8.04. The number of amides is 1. The van der Waals surface area contributed by atoms with Crippen LogP contribution >= 0.6 is 0 Å². The Bertz CT molecular complexity index is 912. The first kappa shape index (κ1) is 19.9. The van der Waals surface area contributed by atoms with Crippen molar-refractivity contribution in [3.63, 3.8) is 0 Å². The first-order valence-electron chi connectivity index (χ1n) is 9.12. The highest BCUT2D eigenvalue weighted by Gasteiger charge is 2.30. The molecule has 0 bridgehead atoms. The maximum Gasteiger partial charge on any atom is 0.416 e. The van der Waals surface area contributed by atoms with Gasteiger partial charge >= 0.3 is 6.18 Å². The Balaban J connectivity index is 1.72. The second-order valence-corrected chi connectivity index (χ2v) is 7.26. The maximum absolute atomic E-state index is 12.7. The van der Waals surface area contributed by atoms with Crippen LogP contribution in [0.2, 0.25) is 0 Å². The normalized spacial score (nSPS) is 13.1. The zero-order chi connectivity index (χ0) is 20.3. The number of fused-ring (bicyclic) bond motifs is 1. The summed E-state index contributed by atoms with van der Waals surface area (Å²) in [7, 11) is 0. The van der Waals surface area contributed by atoms with Crippen LogP contribution in [0.1, 0.15) is 43.3 Å². The first-order chi connectivity index (χ1) is 13.2. The molecule has 1 heterocycles. The molecule has 2 aromatic carbocycles. The summed E-state index contributed by atoms with van der Waals surface area (Å²) >= 11 is 0. The number of aromatic nitrogens is 2. The van der Waals surface area contributed by atoms with Gasteiger partial charge in [0, 0.05) is 0 Å². The molecule has 1 amide bonds. The molecule has 148 valence electrons. The van der Waals surface area contributed by atoms with E-state index in [1.54, 1.807) is 0 Å². The number of halogens is 3. The Kier molecular flexibility index (Phi) is 5.72. The van der Waals surface area contributed by atoms with Crippen molar-refractivity contribution < 1.29 is 18.0 Å². The lowest BCUT2D eigenvalue weighted by atomic mass is 10.0. The zero-order valence-corrected chi connectivity index (χ0v) is 15.7. The number of H-pyrrole nitrogens is 1. The monoisotopic (exact) mass is 389 g/mol. The highest BCUT2D eigenvalue weighted by molar-refractivity contribution is 5.79. The van der Waals surface area contributed by atoms with Crippen LogP contribution < -0.4 is 5.32 Å². The van der Waals surface area contributed by atoms with Crippen LogP contribution in [-0.2, 0) is 17.4 Å². The van der Waals surface area contributed by atoms with E-state index in [-0.39, 0.29) is 18.4 Å². The summed E-state index contributed by atoms with van der Waals surface area (Å²) in [4.78, 5) is 20.3. The van der Waals surface area contributed by atoms with Crippen molar-refractivity contribution in [1.29, 1.82) is 0 Å². The summed E-state index contributed by atoms with van der Waals surface area (Å²) in [6.45, 7) is 4.11. The molecule has 1 unspecified atom stereocenters. The average Bonchev–Trinajstić information content (AvgIpc) is 3.04. The van der Waals surface area contributed by atoms with Gasteiger partial charge < -0.3 is 10.3 Å². The smallest absolute Gasteiger partial charge is 0.346 e. The van der Waals surface area contributed by atoms with E-state index >= 15 is 0 Å². The van der Waals surface area contributed by atoms with Gasteiger partial charge in [0.25, 0.3) is 0 Å². The van der Waals surface area contributed by atoms with Crippen molar-refractivity contribution >= 4 is 16.9 Å². The van der Waals surface area contributed by atoms with Crippen LogP contribution in [0.25, 0.3) is 11.0 Å². The van der Waals surface area contributed by atoms with E-state index in [9.17, 15) is 18.0 Å². The minimum absolute atomic E-state index is 0.00691. The molecule has 0 radical (unpaired) electrons. The molecule has 0 saturated heterocycles. The Labute approximate surface area is 161 Å². The molecule has 3 aromatic rings. The van der Waals surface area contributed by atoms with Gasteiger partial charge in [0.2, 0.25) is 5.91 Å². The predicted molar refractivity (Wildman–Crippen MR) is 102 cm³/mol. The average molecular weight is 389 g/mol. The fraction of sp³-hybridized carbons (Fsp3) is 0.333. The van der Waals surface area contributed by atoms with Gasteiger partial charge in [0.05, 0.1) is 29.1 Å². The lowest BCUT2D eigenvalue weighted by Crippen LogP contribution is -2.31. The Morgan fingerprint density at radius 3 is 2.39 bits per heavy atom. The summed E-state index contributed by atoms with van der Waals surface area (Å²) in [5.74, 6) is 0.742. The predicted octanol–water partition coefficient (Wildman–Crippen LogP) is 5.03. The van der Waals surface area contributed by atoms with Crippen LogP contribution in [0.4, 0.5) is 13.2 Å². The topological polar surface area (TPSA) is 57.8 Å². The summed E-state index contributed by atoms with van der Waals surface area (Å²) in [5, 5.41) is 2.96. The number of hydrogen-bond acceptors (Lipinski definition) is 2. The third-order valence-corrected chi connectivity index (χ3v) is 4.43. The molecule has 0 aliphatic carbocycles. The molecule has 0 aliphatic heterocycles. The molecule has 4 nitrogen and oxygen atoms in total. The molecule has 2 N–H and O–H groups in total. The standard InChI is InChI=1S/C21H22F3N3O/c1-13(2)11-18(20-26-16-5-3-4-6-17(16)27-20)25-19(28)12-14-7-9-15(10-8-14)21(22,23)24/h3-10,13,18H,11-12H2,1-2H3,(H,25,28)(H,26,27). The number of hydrogen-bond donors (Lipinski definition) is 2. The number of rotatable bonds is 6. The second-order valence-electron chi connectivity index (χ2n) is 7.26. The van der Waals surface area contributed by atoms with Crippen molar-refractivity contribution in [3.05, 3.63) is 65.5 Å². The molecule has 0 aliphatic rings. The number of carbonyl (C=O) groups excluding carboxylic acids is 1. The molecule has 0 spiro atoms. The van der Waals surface area contributed by atoms with Gasteiger partial charge in [-0.1, -0.05) is 38.1 Å².